The van der Waals surface area contributed by atoms with Crippen LogP contribution >= 0.6 is 35.6 Å². The first kappa shape index (κ1) is 19.0. The van der Waals surface area contributed by atoms with Crippen molar-refractivity contribution >= 4 is 47.4 Å². The SMILES string of the molecule is Cl.NCCC(=O)N1CCN(C(=O)c2ccc(Cl)cc2Cl)CC1. The number of rotatable bonds is 3. The molecule has 1 aromatic rings. The van der Waals surface area contributed by atoms with E-state index in [4.69, 9.17) is 28.9 Å². The van der Waals surface area contributed by atoms with Crippen LogP contribution in [0.15, 0.2) is 18.2 Å². The van der Waals surface area contributed by atoms with Crippen LogP contribution in [0, 0.1) is 0 Å². The second-order valence-electron chi connectivity index (χ2n) is 4.84. The van der Waals surface area contributed by atoms with Crippen LogP contribution in [0.25, 0.3) is 0 Å². The summed E-state index contributed by atoms with van der Waals surface area (Å²) in [6.07, 6.45) is 0.344. The molecule has 1 aliphatic heterocycles. The Morgan fingerprint density at radius 3 is 2.23 bits per heavy atom. The van der Waals surface area contributed by atoms with Crippen molar-refractivity contribution in [2.75, 3.05) is 32.7 Å². The highest BCUT2D eigenvalue weighted by atomic mass is 35.5. The number of nitrogens with zero attached hydrogens (tertiary/aromatic N) is 2. The predicted molar refractivity (Wildman–Crippen MR) is 89.9 cm³/mol. The number of benzene rings is 1. The van der Waals surface area contributed by atoms with E-state index >= 15 is 0 Å². The Hall–Kier alpha value is -1.01. The van der Waals surface area contributed by atoms with Gasteiger partial charge in [0.05, 0.1) is 10.6 Å². The van der Waals surface area contributed by atoms with E-state index in [1.54, 1.807) is 28.0 Å². The van der Waals surface area contributed by atoms with Gasteiger partial charge in [-0.05, 0) is 18.2 Å². The number of carbonyl (C=O) groups is 2. The number of halogens is 3. The Bertz CT molecular complexity index is 546. The summed E-state index contributed by atoms with van der Waals surface area (Å²) >= 11 is 11.9. The molecule has 1 aromatic carbocycles. The largest absolute Gasteiger partial charge is 0.339 e. The van der Waals surface area contributed by atoms with Gasteiger partial charge in [-0.15, -0.1) is 12.4 Å². The summed E-state index contributed by atoms with van der Waals surface area (Å²) in [6.45, 7) is 2.38. The summed E-state index contributed by atoms with van der Waals surface area (Å²) in [4.78, 5) is 27.6. The summed E-state index contributed by atoms with van der Waals surface area (Å²) in [6, 6.07) is 4.82. The van der Waals surface area contributed by atoms with Crippen LogP contribution in [-0.2, 0) is 4.79 Å². The number of hydrogen-bond acceptors (Lipinski definition) is 3. The molecule has 1 saturated heterocycles. The molecule has 122 valence electrons. The Morgan fingerprint density at radius 2 is 1.68 bits per heavy atom. The zero-order chi connectivity index (χ0) is 15.4. The zero-order valence-corrected chi connectivity index (χ0v) is 14.3. The smallest absolute Gasteiger partial charge is 0.255 e. The van der Waals surface area contributed by atoms with Crippen molar-refractivity contribution in [3.05, 3.63) is 33.8 Å². The van der Waals surface area contributed by atoms with Gasteiger partial charge in [0.2, 0.25) is 5.91 Å². The van der Waals surface area contributed by atoms with Crippen molar-refractivity contribution in [2.45, 2.75) is 6.42 Å². The standard InChI is InChI=1S/C14H17Cl2N3O2.ClH/c15-10-1-2-11(12(16)9-10)14(21)19-7-5-18(6-8-19)13(20)3-4-17;/h1-2,9H,3-8,17H2;1H. The lowest BCUT2D eigenvalue weighted by Crippen LogP contribution is -2.50. The normalized spacial score (nSPS) is 14.5. The minimum atomic E-state index is -0.136. The molecule has 0 spiro atoms. The molecule has 0 atom stereocenters. The topological polar surface area (TPSA) is 66.6 Å². The third-order valence-electron chi connectivity index (χ3n) is 3.44. The number of nitrogens with two attached hydrogens (primary N) is 1. The van der Waals surface area contributed by atoms with Crippen LogP contribution < -0.4 is 5.73 Å². The predicted octanol–water partition coefficient (Wildman–Crippen LogP) is 2.05. The lowest BCUT2D eigenvalue weighted by Gasteiger charge is -2.35. The fourth-order valence-corrected chi connectivity index (χ4v) is 2.76. The number of hydrogen-bond donors (Lipinski definition) is 1. The summed E-state index contributed by atoms with van der Waals surface area (Å²) in [7, 11) is 0. The van der Waals surface area contributed by atoms with E-state index in [9.17, 15) is 9.59 Å². The van der Waals surface area contributed by atoms with Gasteiger partial charge >= 0.3 is 0 Å². The molecule has 0 aromatic heterocycles. The summed E-state index contributed by atoms with van der Waals surface area (Å²) in [5.74, 6) is -0.100. The van der Waals surface area contributed by atoms with E-state index in [0.717, 1.165) is 0 Å². The maximum atomic E-state index is 12.4. The van der Waals surface area contributed by atoms with Gasteiger partial charge in [0.25, 0.3) is 5.91 Å². The van der Waals surface area contributed by atoms with Crippen molar-refractivity contribution in [2.24, 2.45) is 5.73 Å². The molecule has 8 heteroatoms. The van der Waals surface area contributed by atoms with Gasteiger partial charge in [0.15, 0.2) is 0 Å². The molecule has 0 unspecified atom stereocenters. The van der Waals surface area contributed by atoms with Gasteiger partial charge in [0.1, 0.15) is 0 Å². The second-order valence-corrected chi connectivity index (χ2v) is 5.68. The molecule has 0 radical (unpaired) electrons. The molecule has 5 nitrogen and oxygen atoms in total. The molecule has 2 amide bonds. The van der Waals surface area contributed by atoms with E-state index in [2.05, 4.69) is 0 Å². The second kappa shape index (κ2) is 8.58. The highest BCUT2D eigenvalue weighted by Gasteiger charge is 2.25. The van der Waals surface area contributed by atoms with Crippen molar-refractivity contribution in [3.63, 3.8) is 0 Å². The lowest BCUT2D eigenvalue weighted by atomic mass is 10.1. The van der Waals surface area contributed by atoms with Gasteiger partial charge in [-0.3, -0.25) is 9.59 Å². The highest BCUT2D eigenvalue weighted by Crippen LogP contribution is 2.22. The van der Waals surface area contributed by atoms with Crippen LogP contribution in [0.1, 0.15) is 16.8 Å². The van der Waals surface area contributed by atoms with Gasteiger partial charge in [-0.2, -0.15) is 0 Å². The van der Waals surface area contributed by atoms with Crippen LogP contribution in [0.5, 0.6) is 0 Å². The van der Waals surface area contributed by atoms with Crippen LogP contribution in [0.2, 0.25) is 10.0 Å². The molecular weight excluding hydrogens is 349 g/mol. The Labute approximate surface area is 145 Å². The lowest BCUT2D eigenvalue weighted by molar-refractivity contribution is -0.132. The maximum Gasteiger partial charge on any atom is 0.255 e. The average molecular weight is 367 g/mol. The van der Waals surface area contributed by atoms with E-state index < -0.39 is 0 Å². The fourth-order valence-electron chi connectivity index (χ4n) is 2.27. The van der Waals surface area contributed by atoms with Crippen LogP contribution in [0.3, 0.4) is 0 Å². The Morgan fingerprint density at radius 1 is 1.09 bits per heavy atom. The zero-order valence-electron chi connectivity index (χ0n) is 11.9. The van der Waals surface area contributed by atoms with Gasteiger partial charge in [0, 0.05) is 44.2 Å². The van der Waals surface area contributed by atoms with Crippen molar-refractivity contribution in [1.82, 2.24) is 9.80 Å². The Balaban J connectivity index is 0.00000242. The summed E-state index contributed by atoms with van der Waals surface area (Å²) in [5.41, 5.74) is 5.81. The molecule has 1 aliphatic rings. The number of amides is 2. The number of piperazine rings is 1. The maximum absolute atomic E-state index is 12.4. The molecule has 0 aliphatic carbocycles. The number of carbonyl (C=O) groups excluding carboxylic acids is 2. The third-order valence-corrected chi connectivity index (χ3v) is 3.99. The average Bonchev–Trinajstić information content (AvgIpc) is 2.47. The molecule has 2 rings (SSSR count). The van der Waals surface area contributed by atoms with E-state index in [1.165, 1.54) is 0 Å². The first-order valence-electron chi connectivity index (χ1n) is 6.75. The van der Waals surface area contributed by atoms with E-state index in [-0.39, 0.29) is 24.2 Å². The quantitative estimate of drug-likeness (QED) is 0.890. The fraction of sp³-hybridized carbons (Fsp3) is 0.429. The highest BCUT2D eigenvalue weighted by molar-refractivity contribution is 6.36. The van der Waals surface area contributed by atoms with Gasteiger partial charge in [-0.1, -0.05) is 23.2 Å². The third kappa shape index (κ3) is 4.49. The molecule has 0 bridgehead atoms. The van der Waals surface area contributed by atoms with E-state index in [1.807, 2.05) is 0 Å². The monoisotopic (exact) mass is 365 g/mol. The minimum absolute atomic E-state index is 0. The summed E-state index contributed by atoms with van der Waals surface area (Å²) < 4.78 is 0. The molecule has 0 saturated carbocycles. The Kier molecular flexibility index (Phi) is 7.42. The molecule has 2 N–H and O–H groups in total. The molecule has 22 heavy (non-hydrogen) atoms. The first-order valence-corrected chi connectivity index (χ1v) is 7.50. The van der Waals surface area contributed by atoms with E-state index in [0.29, 0.717) is 54.8 Å². The molecular formula is C14H18Cl3N3O2. The van der Waals surface area contributed by atoms with Crippen LogP contribution in [-0.4, -0.2) is 54.3 Å². The van der Waals surface area contributed by atoms with Crippen molar-refractivity contribution in [1.29, 1.82) is 0 Å². The molecule has 1 fully saturated rings. The van der Waals surface area contributed by atoms with Gasteiger partial charge < -0.3 is 15.5 Å². The van der Waals surface area contributed by atoms with Crippen LogP contribution in [0.4, 0.5) is 0 Å². The van der Waals surface area contributed by atoms with Crippen molar-refractivity contribution in [3.8, 4) is 0 Å². The molecule has 1 heterocycles. The minimum Gasteiger partial charge on any atom is -0.339 e. The van der Waals surface area contributed by atoms with Crippen molar-refractivity contribution < 1.29 is 9.59 Å². The first-order chi connectivity index (χ1) is 10.0. The summed E-state index contributed by atoms with van der Waals surface area (Å²) in [5, 5.41) is 0.836. The van der Waals surface area contributed by atoms with Gasteiger partial charge in [-0.25, -0.2) is 0 Å².